The van der Waals surface area contributed by atoms with E-state index in [2.05, 4.69) is 10.1 Å². The van der Waals surface area contributed by atoms with Gasteiger partial charge in [0, 0.05) is 18.9 Å². The van der Waals surface area contributed by atoms with Crippen LogP contribution in [0, 0.1) is 0 Å². The molecular weight excluding hydrogens is 230 g/mol. The van der Waals surface area contributed by atoms with Gasteiger partial charge in [-0.2, -0.15) is 5.10 Å². The van der Waals surface area contributed by atoms with E-state index in [-0.39, 0.29) is 6.04 Å². The van der Waals surface area contributed by atoms with Crippen LogP contribution in [-0.4, -0.2) is 19.9 Å². The van der Waals surface area contributed by atoms with E-state index in [9.17, 15) is 5.11 Å². The molecule has 98 valence electrons. The van der Waals surface area contributed by atoms with Crippen LogP contribution in [0.4, 0.5) is 0 Å². The van der Waals surface area contributed by atoms with Crippen LogP contribution >= 0.6 is 0 Å². The van der Waals surface area contributed by atoms with Crippen LogP contribution in [-0.2, 0) is 12.8 Å². The van der Waals surface area contributed by atoms with Gasteiger partial charge in [0.25, 0.3) is 0 Å². The topological polar surface area (TPSA) is 64.1 Å². The monoisotopic (exact) mass is 249 g/mol. The Kier molecular flexibility index (Phi) is 3.81. The SMILES string of the molecule is CCc1ccc(C(O)Cc2ncnn2C(C)C)o1. The minimum Gasteiger partial charge on any atom is -0.463 e. The van der Waals surface area contributed by atoms with Crippen molar-refractivity contribution in [2.24, 2.45) is 0 Å². The van der Waals surface area contributed by atoms with Crippen molar-refractivity contribution in [3.63, 3.8) is 0 Å². The third-order valence-electron chi connectivity index (χ3n) is 2.87. The molecule has 1 atom stereocenters. The van der Waals surface area contributed by atoms with Crippen molar-refractivity contribution >= 4 is 0 Å². The largest absolute Gasteiger partial charge is 0.463 e. The molecule has 18 heavy (non-hydrogen) atoms. The van der Waals surface area contributed by atoms with E-state index in [1.165, 1.54) is 6.33 Å². The van der Waals surface area contributed by atoms with Gasteiger partial charge >= 0.3 is 0 Å². The van der Waals surface area contributed by atoms with E-state index >= 15 is 0 Å². The zero-order valence-corrected chi connectivity index (χ0v) is 11.0. The van der Waals surface area contributed by atoms with Crippen molar-refractivity contribution in [2.45, 2.75) is 45.8 Å². The molecule has 0 radical (unpaired) electrons. The van der Waals surface area contributed by atoms with Gasteiger partial charge in [0.1, 0.15) is 29.8 Å². The zero-order chi connectivity index (χ0) is 13.1. The van der Waals surface area contributed by atoms with Crippen LogP contribution in [0.3, 0.4) is 0 Å². The van der Waals surface area contributed by atoms with Gasteiger partial charge in [-0.05, 0) is 26.0 Å². The Balaban J connectivity index is 2.11. The predicted molar refractivity (Wildman–Crippen MR) is 67.2 cm³/mol. The van der Waals surface area contributed by atoms with Gasteiger partial charge < -0.3 is 9.52 Å². The Labute approximate surface area is 106 Å². The van der Waals surface area contributed by atoms with Crippen LogP contribution < -0.4 is 0 Å². The highest BCUT2D eigenvalue weighted by Gasteiger charge is 2.17. The zero-order valence-electron chi connectivity index (χ0n) is 11.0. The summed E-state index contributed by atoms with van der Waals surface area (Å²) in [5, 5.41) is 14.3. The molecule has 0 saturated carbocycles. The number of aryl methyl sites for hydroxylation is 1. The Morgan fingerprint density at radius 3 is 2.78 bits per heavy atom. The lowest BCUT2D eigenvalue weighted by Crippen LogP contribution is -2.11. The van der Waals surface area contributed by atoms with Crippen LogP contribution in [0.15, 0.2) is 22.9 Å². The van der Waals surface area contributed by atoms with Crippen molar-refractivity contribution in [1.29, 1.82) is 0 Å². The molecule has 2 aromatic rings. The average Bonchev–Trinajstić information content (AvgIpc) is 2.96. The Morgan fingerprint density at radius 2 is 2.17 bits per heavy atom. The summed E-state index contributed by atoms with van der Waals surface area (Å²) in [6.07, 6.45) is 2.08. The second kappa shape index (κ2) is 5.35. The molecular formula is C13H19N3O2. The molecule has 2 rings (SSSR count). The van der Waals surface area contributed by atoms with E-state index in [0.29, 0.717) is 12.2 Å². The summed E-state index contributed by atoms with van der Waals surface area (Å²) in [5.41, 5.74) is 0. The van der Waals surface area contributed by atoms with Crippen LogP contribution in [0.25, 0.3) is 0 Å². The van der Waals surface area contributed by atoms with Crippen molar-refractivity contribution in [3.05, 3.63) is 35.8 Å². The number of nitrogens with zero attached hydrogens (tertiary/aromatic N) is 3. The third kappa shape index (κ3) is 2.61. The molecule has 0 aromatic carbocycles. The highest BCUT2D eigenvalue weighted by molar-refractivity contribution is 5.10. The van der Waals surface area contributed by atoms with Crippen LogP contribution in [0.2, 0.25) is 0 Å². The number of furan rings is 1. The first-order chi connectivity index (χ1) is 8.61. The molecule has 1 N–H and O–H groups in total. The summed E-state index contributed by atoms with van der Waals surface area (Å²) >= 11 is 0. The van der Waals surface area contributed by atoms with Gasteiger partial charge in [-0.3, -0.25) is 0 Å². The first-order valence-corrected chi connectivity index (χ1v) is 6.26. The maximum Gasteiger partial charge on any atom is 0.138 e. The maximum atomic E-state index is 10.1. The molecule has 0 aliphatic carbocycles. The first kappa shape index (κ1) is 12.8. The van der Waals surface area contributed by atoms with Gasteiger partial charge in [-0.25, -0.2) is 9.67 Å². The minimum absolute atomic E-state index is 0.234. The van der Waals surface area contributed by atoms with Crippen molar-refractivity contribution in [1.82, 2.24) is 14.8 Å². The summed E-state index contributed by atoms with van der Waals surface area (Å²) in [6, 6.07) is 3.95. The van der Waals surface area contributed by atoms with Crippen LogP contribution in [0.5, 0.6) is 0 Å². The molecule has 2 aromatic heterocycles. The van der Waals surface area contributed by atoms with Crippen molar-refractivity contribution < 1.29 is 9.52 Å². The van der Waals surface area contributed by atoms with Crippen LogP contribution in [0.1, 0.15) is 50.3 Å². The maximum absolute atomic E-state index is 10.1. The van der Waals surface area contributed by atoms with E-state index in [1.807, 2.05) is 37.6 Å². The Bertz CT molecular complexity index is 502. The van der Waals surface area contributed by atoms with Gasteiger partial charge in [-0.15, -0.1) is 0 Å². The van der Waals surface area contributed by atoms with Crippen molar-refractivity contribution in [3.8, 4) is 0 Å². The lowest BCUT2D eigenvalue weighted by atomic mass is 10.2. The molecule has 0 fully saturated rings. The standard InChI is InChI=1S/C13H19N3O2/c1-4-10-5-6-12(18-10)11(17)7-13-14-8-15-16(13)9(2)3/h5-6,8-9,11,17H,4,7H2,1-3H3. The molecule has 0 aliphatic rings. The average molecular weight is 249 g/mol. The molecule has 2 heterocycles. The highest BCUT2D eigenvalue weighted by atomic mass is 16.4. The fraction of sp³-hybridized carbons (Fsp3) is 0.538. The lowest BCUT2D eigenvalue weighted by Gasteiger charge is -2.11. The van der Waals surface area contributed by atoms with Gasteiger partial charge in [0.05, 0.1) is 0 Å². The Morgan fingerprint density at radius 1 is 1.39 bits per heavy atom. The number of aromatic nitrogens is 3. The Hall–Kier alpha value is -1.62. The highest BCUT2D eigenvalue weighted by Crippen LogP contribution is 2.21. The molecule has 0 bridgehead atoms. The molecule has 0 spiro atoms. The quantitative estimate of drug-likeness (QED) is 0.883. The van der Waals surface area contributed by atoms with E-state index in [4.69, 9.17) is 4.42 Å². The minimum atomic E-state index is -0.674. The van der Waals surface area contributed by atoms with E-state index in [1.54, 1.807) is 0 Å². The molecule has 0 saturated heterocycles. The van der Waals surface area contributed by atoms with Crippen molar-refractivity contribution in [2.75, 3.05) is 0 Å². The lowest BCUT2D eigenvalue weighted by molar-refractivity contribution is 0.144. The van der Waals surface area contributed by atoms with E-state index in [0.717, 1.165) is 18.0 Å². The molecule has 1 unspecified atom stereocenters. The number of aliphatic hydroxyl groups excluding tert-OH is 1. The molecule has 0 amide bonds. The summed E-state index contributed by atoms with van der Waals surface area (Å²) in [4.78, 5) is 4.18. The fourth-order valence-electron chi connectivity index (χ4n) is 1.89. The molecule has 5 heteroatoms. The first-order valence-electron chi connectivity index (χ1n) is 6.26. The van der Waals surface area contributed by atoms with Gasteiger partial charge in [-0.1, -0.05) is 6.92 Å². The number of rotatable bonds is 5. The summed E-state index contributed by atoms with van der Waals surface area (Å²) in [6.45, 7) is 6.09. The number of hydrogen-bond acceptors (Lipinski definition) is 4. The fourth-order valence-corrected chi connectivity index (χ4v) is 1.89. The second-order valence-corrected chi connectivity index (χ2v) is 4.59. The molecule has 0 aliphatic heterocycles. The number of aliphatic hydroxyl groups is 1. The smallest absolute Gasteiger partial charge is 0.138 e. The van der Waals surface area contributed by atoms with E-state index < -0.39 is 6.10 Å². The molecule has 5 nitrogen and oxygen atoms in total. The summed E-state index contributed by atoms with van der Waals surface area (Å²) in [7, 11) is 0. The summed E-state index contributed by atoms with van der Waals surface area (Å²) in [5.74, 6) is 2.24. The van der Waals surface area contributed by atoms with Gasteiger partial charge in [0.15, 0.2) is 0 Å². The predicted octanol–water partition coefficient (Wildman–Crippen LogP) is 2.29. The normalized spacial score (nSPS) is 13.2. The second-order valence-electron chi connectivity index (χ2n) is 4.59. The number of hydrogen-bond donors (Lipinski definition) is 1. The third-order valence-corrected chi connectivity index (χ3v) is 2.87. The van der Waals surface area contributed by atoms with Gasteiger partial charge in [0.2, 0.25) is 0 Å². The summed E-state index contributed by atoms with van der Waals surface area (Å²) < 4.78 is 7.35.